The maximum atomic E-state index is 6.01. The van der Waals surface area contributed by atoms with Gasteiger partial charge in [0.25, 0.3) is 0 Å². The highest BCUT2D eigenvalue weighted by Gasteiger charge is 2.11. The number of nitrogens with zero attached hydrogens (tertiary/aromatic N) is 2. The molecule has 0 aliphatic carbocycles. The zero-order valence-electron chi connectivity index (χ0n) is 9.67. The molecule has 3 nitrogen and oxygen atoms in total. The van der Waals surface area contributed by atoms with Crippen molar-refractivity contribution in [2.75, 3.05) is 5.73 Å². The third-order valence-electron chi connectivity index (χ3n) is 2.62. The summed E-state index contributed by atoms with van der Waals surface area (Å²) in [5, 5.41) is 4.84. The highest BCUT2D eigenvalue weighted by Crippen LogP contribution is 2.25. The Morgan fingerprint density at radius 3 is 2.65 bits per heavy atom. The molecule has 0 bridgehead atoms. The Morgan fingerprint density at radius 1 is 1.41 bits per heavy atom. The minimum absolute atomic E-state index is 0.511. The molecule has 0 amide bonds. The van der Waals surface area contributed by atoms with Crippen molar-refractivity contribution >= 4 is 33.3 Å². The molecule has 0 fully saturated rings. The minimum Gasteiger partial charge on any atom is -0.383 e. The number of nitrogen functional groups attached to an aromatic ring is 1. The van der Waals surface area contributed by atoms with Crippen LogP contribution in [0.2, 0.25) is 5.02 Å². The van der Waals surface area contributed by atoms with Crippen LogP contribution in [0.4, 0.5) is 5.82 Å². The summed E-state index contributed by atoms with van der Waals surface area (Å²) < 4.78 is 2.77. The van der Waals surface area contributed by atoms with Gasteiger partial charge in [0, 0.05) is 4.47 Å². The average Bonchev–Trinajstić information content (AvgIpc) is 2.50. The van der Waals surface area contributed by atoms with Crippen LogP contribution in [0.25, 0.3) is 0 Å². The smallest absolute Gasteiger partial charge is 0.141 e. The van der Waals surface area contributed by atoms with Crippen molar-refractivity contribution in [3.8, 4) is 0 Å². The van der Waals surface area contributed by atoms with E-state index in [-0.39, 0.29) is 0 Å². The average molecular weight is 315 g/mol. The van der Waals surface area contributed by atoms with Crippen molar-refractivity contribution in [3.63, 3.8) is 0 Å². The van der Waals surface area contributed by atoms with E-state index < -0.39 is 0 Å². The highest BCUT2D eigenvalue weighted by molar-refractivity contribution is 9.10. The van der Waals surface area contributed by atoms with Crippen LogP contribution in [0.5, 0.6) is 0 Å². The first-order chi connectivity index (χ1) is 7.99. The lowest BCUT2D eigenvalue weighted by Gasteiger charge is -2.07. The topological polar surface area (TPSA) is 43.8 Å². The van der Waals surface area contributed by atoms with Crippen LogP contribution < -0.4 is 5.73 Å². The van der Waals surface area contributed by atoms with Gasteiger partial charge in [0.15, 0.2) is 0 Å². The summed E-state index contributed by atoms with van der Waals surface area (Å²) >= 11 is 9.55. The van der Waals surface area contributed by atoms with Crippen molar-refractivity contribution in [1.82, 2.24) is 9.78 Å². The number of rotatable bonds is 2. The van der Waals surface area contributed by atoms with Crippen molar-refractivity contribution in [3.05, 3.63) is 44.5 Å². The van der Waals surface area contributed by atoms with E-state index in [1.807, 2.05) is 6.92 Å². The Labute approximate surface area is 114 Å². The molecule has 5 heteroatoms. The Morgan fingerprint density at radius 2 is 2.12 bits per heavy atom. The molecule has 0 saturated heterocycles. The fourth-order valence-corrected chi connectivity index (χ4v) is 2.39. The third kappa shape index (κ3) is 2.48. The molecule has 1 aromatic carbocycles. The third-order valence-corrected chi connectivity index (χ3v) is 3.83. The molecule has 2 aromatic rings. The molecule has 0 atom stereocenters. The van der Waals surface area contributed by atoms with Crippen molar-refractivity contribution in [2.24, 2.45) is 0 Å². The Bertz CT molecular complexity index is 563. The number of nitrogens with two attached hydrogens (primary N) is 1. The van der Waals surface area contributed by atoms with Gasteiger partial charge in [-0.2, -0.15) is 5.10 Å². The van der Waals surface area contributed by atoms with Gasteiger partial charge in [-0.25, -0.2) is 4.68 Å². The molecule has 0 spiro atoms. The lowest BCUT2D eigenvalue weighted by atomic mass is 10.1. The van der Waals surface area contributed by atoms with E-state index >= 15 is 0 Å². The first kappa shape index (κ1) is 12.5. The molecule has 90 valence electrons. The molecule has 1 heterocycles. The van der Waals surface area contributed by atoms with Crippen LogP contribution in [0.15, 0.2) is 22.7 Å². The van der Waals surface area contributed by atoms with Crippen LogP contribution in [-0.2, 0) is 6.54 Å². The van der Waals surface area contributed by atoms with Gasteiger partial charge in [-0.3, -0.25) is 0 Å². The number of aromatic nitrogens is 2. The Kier molecular flexibility index (Phi) is 3.45. The van der Waals surface area contributed by atoms with Gasteiger partial charge in [-0.05, 0) is 31.0 Å². The lowest BCUT2D eigenvalue weighted by Crippen LogP contribution is -2.06. The second-order valence-corrected chi connectivity index (χ2v) is 5.27. The summed E-state index contributed by atoms with van der Waals surface area (Å²) in [5.41, 5.74) is 8.98. The highest BCUT2D eigenvalue weighted by atomic mass is 79.9. The monoisotopic (exact) mass is 313 g/mol. The van der Waals surface area contributed by atoms with E-state index in [1.165, 1.54) is 5.56 Å². The SMILES string of the molecule is Cc1ccc(Cn2nc(C)c(Cl)c2N)c(Br)c1. The Hall–Kier alpha value is -1.000. The number of benzene rings is 1. The van der Waals surface area contributed by atoms with Crippen molar-refractivity contribution in [2.45, 2.75) is 20.4 Å². The molecule has 17 heavy (non-hydrogen) atoms. The molecule has 0 aliphatic heterocycles. The zero-order chi connectivity index (χ0) is 12.6. The predicted molar refractivity (Wildman–Crippen MR) is 74.4 cm³/mol. The van der Waals surface area contributed by atoms with E-state index in [0.717, 1.165) is 15.7 Å². The van der Waals surface area contributed by atoms with Crippen LogP contribution in [0, 0.1) is 13.8 Å². The molecule has 2 rings (SSSR count). The van der Waals surface area contributed by atoms with Crippen LogP contribution >= 0.6 is 27.5 Å². The van der Waals surface area contributed by atoms with Gasteiger partial charge in [-0.1, -0.05) is 39.7 Å². The number of anilines is 1. The van der Waals surface area contributed by atoms with Crippen LogP contribution in [-0.4, -0.2) is 9.78 Å². The molecule has 0 saturated carbocycles. The fraction of sp³-hybridized carbons (Fsp3) is 0.250. The quantitative estimate of drug-likeness (QED) is 0.921. The second-order valence-electron chi connectivity index (χ2n) is 4.04. The van der Waals surface area contributed by atoms with E-state index in [4.69, 9.17) is 17.3 Å². The molecular formula is C12H13BrClN3. The number of aryl methyl sites for hydroxylation is 2. The summed E-state index contributed by atoms with van der Waals surface area (Å²) in [7, 11) is 0. The number of halogens is 2. The maximum absolute atomic E-state index is 6.01. The van der Waals surface area contributed by atoms with Crippen molar-refractivity contribution < 1.29 is 0 Å². The maximum Gasteiger partial charge on any atom is 0.141 e. The number of hydrogen-bond acceptors (Lipinski definition) is 2. The van der Waals surface area contributed by atoms with E-state index in [9.17, 15) is 0 Å². The van der Waals surface area contributed by atoms with Gasteiger partial charge >= 0.3 is 0 Å². The summed E-state index contributed by atoms with van der Waals surface area (Å²) in [6.45, 7) is 4.51. The van der Waals surface area contributed by atoms with E-state index in [1.54, 1.807) is 4.68 Å². The zero-order valence-corrected chi connectivity index (χ0v) is 12.0. The first-order valence-electron chi connectivity index (χ1n) is 5.22. The van der Waals surface area contributed by atoms with E-state index in [2.05, 4.69) is 46.2 Å². The normalized spacial score (nSPS) is 10.8. The standard InChI is InChI=1S/C12H13BrClN3/c1-7-3-4-9(10(13)5-7)6-17-12(15)11(14)8(2)16-17/h3-5H,6,15H2,1-2H3. The van der Waals surface area contributed by atoms with Crippen LogP contribution in [0.1, 0.15) is 16.8 Å². The fourth-order valence-electron chi connectivity index (χ4n) is 1.64. The first-order valence-corrected chi connectivity index (χ1v) is 6.39. The predicted octanol–water partition coefficient (Wildman–Crippen LogP) is 3.55. The van der Waals surface area contributed by atoms with Gasteiger partial charge in [-0.15, -0.1) is 0 Å². The molecular weight excluding hydrogens is 302 g/mol. The van der Waals surface area contributed by atoms with Gasteiger partial charge in [0.05, 0.1) is 12.2 Å². The minimum atomic E-state index is 0.511. The summed E-state index contributed by atoms with van der Waals surface area (Å²) in [5.74, 6) is 0.511. The lowest BCUT2D eigenvalue weighted by molar-refractivity contribution is 0.687. The summed E-state index contributed by atoms with van der Waals surface area (Å²) in [4.78, 5) is 0. The largest absolute Gasteiger partial charge is 0.383 e. The molecule has 1 aromatic heterocycles. The number of hydrogen-bond donors (Lipinski definition) is 1. The molecule has 0 radical (unpaired) electrons. The molecule has 0 aliphatic rings. The van der Waals surface area contributed by atoms with Gasteiger partial charge in [0.1, 0.15) is 10.8 Å². The van der Waals surface area contributed by atoms with Crippen LogP contribution in [0.3, 0.4) is 0 Å². The van der Waals surface area contributed by atoms with Gasteiger partial charge < -0.3 is 5.73 Å². The second kappa shape index (κ2) is 4.70. The Balaban J connectivity index is 2.34. The van der Waals surface area contributed by atoms with E-state index in [0.29, 0.717) is 17.4 Å². The molecule has 2 N–H and O–H groups in total. The molecule has 0 unspecified atom stereocenters. The van der Waals surface area contributed by atoms with Gasteiger partial charge in [0.2, 0.25) is 0 Å². The summed E-state index contributed by atoms with van der Waals surface area (Å²) in [6, 6.07) is 6.20. The summed E-state index contributed by atoms with van der Waals surface area (Å²) in [6.07, 6.45) is 0. The van der Waals surface area contributed by atoms with Crippen molar-refractivity contribution in [1.29, 1.82) is 0 Å².